The molecule has 0 saturated carbocycles. The van der Waals surface area contributed by atoms with Crippen molar-refractivity contribution in [1.82, 2.24) is 10.6 Å². The molecular weight excluding hydrogens is 302 g/mol. The number of benzene rings is 1. The van der Waals surface area contributed by atoms with Gasteiger partial charge in [0.05, 0.1) is 6.61 Å². The van der Waals surface area contributed by atoms with E-state index in [9.17, 15) is 0 Å². The van der Waals surface area contributed by atoms with Gasteiger partial charge in [0.2, 0.25) is 0 Å². The second-order valence-corrected chi connectivity index (χ2v) is 5.58. The fourth-order valence-corrected chi connectivity index (χ4v) is 2.20. The van der Waals surface area contributed by atoms with E-state index in [1.807, 2.05) is 25.1 Å². The van der Waals surface area contributed by atoms with Crippen LogP contribution in [-0.4, -0.2) is 45.9 Å². The van der Waals surface area contributed by atoms with E-state index in [0.29, 0.717) is 6.61 Å². The Morgan fingerprint density at radius 1 is 0.917 bits per heavy atom. The molecule has 0 amide bonds. The van der Waals surface area contributed by atoms with Gasteiger partial charge < -0.3 is 20.1 Å². The van der Waals surface area contributed by atoms with Gasteiger partial charge in [-0.2, -0.15) is 0 Å². The molecule has 2 N–H and O–H groups in total. The Morgan fingerprint density at radius 2 is 1.54 bits per heavy atom. The summed E-state index contributed by atoms with van der Waals surface area (Å²) >= 11 is 0. The maximum atomic E-state index is 5.68. The second kappa shape index (κ2) is 15.0. The lowest BCUT2D eigenvalue weighted by molar-refractivity contribution is 0.117. The molecule has 0 fully saturated rings. The fraction of sp³-hybridized carbons (Fsp3) is 0.632. The first-order valence-corrected chi connectivity index (χ1v) is 9.00. The summed E-state index contributed by atoms with van der Waals surface area (Å²) in [6, 6.07) is 10.3. The van der Waals surface area contributed by atoms with Gasteiger partial charge >= 0.3 is 0 Å². The van der Waals surface area contributed by atoms with Crippen molar-refractivity contribution in [2.45, 2.75) is 39.2 Å². The van der Waals surface area contributed by atoms with Crippen LogP contribution in [0, 0.1) is 0 Å². The lowest BCUT2D eigenvalue weighted by Gasteiger charge is -2.12. The summed E-state index contributed by atoms with van der Waals surface area (Å²) in [6.07, 6.45) is 4.29. The van der Waals surface area contributed by atoms with E-state index in [2.05, 4.69) is 27.8 Å². The maximum Gasteiger partial charge on any atom is 0.190 e. The molecule has 0 spiro atoms. The summed E-state index contributed by atoms with van der Waals surface area (Å²) in [5, 5.41) is 6.65. The minimum atomic E-state index is 0.694. The van der Waals surface area contributed by atoms with Gasteiger partial charge in [-0.15, -0.1) is 0 Å². The van der Waals surface area contributed by atoms with E-state index in [1.165, 1.54) is 5.56 Å². The molecule has 5 nitrogen and oxygen atoms in total. The quantitative estimate of drug-likeness (QED) is 0.331. The average molecular weight is 335 g/mol. The normalized spacial score (nSPS) is 11.5. The highest BCUT2D eigenvalue weighted by molar-refractivity contribution is 5.79. The van der Waals surface area contributed by atoms with Crippen LogP contribution in [0.15, 0.2) is 35.3 Å². The van der Waals surface area contributed by atoms with E-state index < -0.39 is 0 Å². The summed E-state index contributed by atoms with van der Waals surface area (Å²) < 4.78 is 11.0. The first kappa shape index (κ1) is 20.5. The molecule has 0 saturated heterocycles. The third kappa shape index (κ3) is 11.0. The van der Waals surface area contributed by atoms with Crippen LogP contribution in [0.25, 0.3) is 0 Å². The Balaban J connectivity index is 1.93. The van der Waals surface area contributed by atoms with E-state index in [1.54, 1.807) is 7.05 Å². The summed E-state index contributed by atoms with van der Waals surface area (Å²) in [6.45, 7) is 6.98. The van der Waals surface area contributed by atoms with Gasteiger partial charge in [-0.1, -0.05) is 30.3 Å². The third-order valence-corrected chi connectivity index (χ3v) is 3.56. The number of unbranched alkanes of at least 4 members (excludes halogenated alkanes) is 2. The average Bonchev–Trinajstić information content (AvgIpc) is 2.62. The van der Waals surface area contributed by atoms with Crippen molar-refractivity contribution in [3.05, 3.63) is 35.9 Å². The smallest absolute Gasteiger partial charge is 0.190 e. The van der Waals surface area contributed by atoms with Gasteiger partial charge in [0.15, 0.2) is 5.96 Å². The largest absolute Gasteiger partial charge is 0.382 e. The van der Waals surface area contributed by atoms with Gasteiger partial charge in [0.25, 0.3) is 0 Å². The Bertz CT molecular complexity index is 424. The molecule has 1 aromatic carbocycles. The number of guanidine groups is 1. The summed E-state index contributed by atoms with van der Waals surface area (Å²) in [5.74, 6) is 0.872. The van der Waals surface area contributed by atoms with Crippen molar-refractivity contribution in [3.63, 3.8) is 0 Å². The number of rotatable bonds is 13. The molecule has 24 heavy (non-hydrogen) atoms. The highest BCUT2D eigenvalue weighted by Crippen LogP contribution is 2.01. The lowest BCUT2D eigenvalue weighted by atomic mass is 10.2. The SMILES string of the molecule is CCOCCCCNC(=NC)NCCCCOCc1ccccc1. The molecule has 0 aliphatic rings. The minimum absolute atomic E-state index is 0.694. The van der Waals surface area contributed by atoms with E-state index in [4.69, 9.17) is 9.47 Å². The Hall–Kier alpha value is -1.59. The summed E-state index contributed by atoms with van der Waals surface area (Å²) in [4.78, 5) is 4.23. The van der Waals surface area contributed by atoms with Crippen LogP contribution in [-0.2, 0) is 16.1 Å². The highest BCUT2D eigenvalue weighted by atomic mass is 16.5. The Morgan fingerprint density at radius 3 is 2.12 bits per heavy atom. The van der Waals surface area contributed by atoms with Crippen LogP contribution in [0.3, 0.4) is 0 Å². The zero-order valence-electron chi connectivity index (χ0n) is 15.2. The topological polar surface area (TPSA) is 54.9 Å². The fourth-order valence-electron chi connectivity index (χ4n) is 2.20. The van der Waals surface area contributed by atoms with Crippen LogP contribution in [0.2, 0.25) is 0 Å². The van der Waals surface area contributed by atoms with Gasteiger partial charge in [-0.25, -0.2) is 0 Å². The summed E-state index contributed by atoms with van der Waals surface area (Å²) in [5.41, 5.74) is 1.23. The molecule has 0 heterocycles. The molecule has 0 aliphatic carbocycles. The summed E-state index contributed by atoms with van der Waals surface area (Å²) in [7, 11) is 1.80. The van der Waals surface area contributed by atoms with E-state index >= 15 is 0 Å². The molecule has 0 atom stereocenters. The molecule has 0 bridgehead atoms. The van der Waals surface area contributed by atoms with Crippen molar-refractivity contribution in [3.8, 4) is 0 Å². The van der Waals surface area contributed by atoms with Gasteiger partial charge in [0, 0.05) is 40.0 Å². The van der Waals surface area contributed by atoms with E-state index in [0.717, 1.165) is 64.6 Å². The lowest BCUT2D eigenvalue weighted by Crippen LogP contribution is -2.38. The van der Waals surface area contributed by atoms with Crippen LogP contribution < -0.4 is 10.6 Å². The van der Waals surface area contributed by atoms with Crippen molar-refractivity contribution < 1.29 is 9.47 Å². The number of nitrogens with zero attached hydrogens (tertiary/aromatic N) is 1. The molecule has 0 aromatic heterocycles. The number of hydrogen-bond acceptors (Lipinski definition) is 3. The predicted octanol–water partition coefficient (Wildman–Crippen LogP) is 2.97. The van der Waals surface area contributed by atoms with Crippen LogP contribution in [0.5, 0.6) is 0 Å². The van der Waals surface area contributed by atoms with Crippen molar-refractivity contribution in [1.29, 1.82) is 0 Å². The minimum Gasteiger partial charge on any atom is -0.382 e. The first-order valence-electron chi connectivity index (χ1n) is 9.00. The second-order valence-electron chi connectivity index (χ2n) is 5.58. The van der Waals surface area contributed by atoms with Crippen LogP contribution in [0.4, 0.5) is 0 Å². The molecule has 0 unspecified atom stereocenters. The molecule has 1 rings (SSSR count). The third-order valence-electron chi connectivity index (χ3n) is 3.56. The van der Waals surface area contributed by atoms with Crippen LogP contribution in [0.1, 0.15) is 38.2 Å². The predicted molar refractivity (Wildman–Crippen MR) is 100 cm³/mol. The maximum absolute atomic E-state index is 5.68. The standard InChI is InChI=1S/C19H33N3O2/c1-3-23-15-9-7-13-21-19(20-2)22-14-8-10-16-24-17-18-11-5-4-6-12-18/h4-6,11-12H,3,7-10,13-17H2,1-2H3,(H2,20,21,22). The molecule has 0 radical (unpaired) electrons. The van der Waals surface area contributed by atoms with E-state index in [-0.39, 0.29) is 0 Å². The van der Waals surface area contributed by atoms with Gasteiger partial charge in [-0.3, -0.25) is 4.99 Å². The zero-order valence-corrected chi connectivity index (χ0v) is 15.2. The molecule has 5 heteroatoms. The van der Waals surface area contributed by atoms with Crippen molar-refractivity contribution in [2.75, 3.05) is 40.0 Å². The first-order chi connectivity index (χ1) is 11.9. The number of aliphatic imine (C=N–C) groups is 1. The van der Waals surface area contributed by atoms with Crippen molar-refractivity contribution in [2.24, 2.45) is 4.99 Å². The zero-order chi connectivity index (χ0) is 17.3. The van der Waals surface area contributed by atoms with Crippen molar-refractivity contribution >= 4 is 5.96 Å². The highest BCUT2D eigenvalue weighted by Gasteiger charge is 1.97. The number of hydrogen-bond donors (Lipinski definition) is 2. The van der Waals surface area contributed by atoms with Gasteiger partial charge in [0.1, 0.15) is 0 Å². The Labute approximate surface area is 146 Å². The molecule has 1 aromatic rings. The van der Waals surface area contributed by atoms with Gasteiger partial charge in [-0.05, 0) is 38.2 Å². The molecule has 0 aliphatic heterocycles. The molecular formula is C19H33N3O2. The Kier molecular flexibility index (Phi) is 12.8. The number of nitrogens with one attached hydrogen (secondary N) is 2. The number of ether oxygens (including phenoxy) is 2. The monoisotopic (exact) mass is 335 g/mol. The van der Waals surface area contributed by atoms with Crippen LogP contribution >= 0.6 is 0 Å². The molecule has 136 valence electrons.